The maximum atomic E-state index is 12.0. The normalized spacial score (nSPS) is 16.6. The Kier molecular flexibility index (Phi) is 5.30. The monoisotopic (exact) mass is 330 g/mol. The van der Waals surface area contributed by atoms with Crippen LogP contribution >= 0.6 is 0 Å². The highest BCUT2D eigenvalue weighted by atomic mass is 16.1. The minimum atomic E-state index is 0.0587. The fourth-order valence-corrected chi connectivity index (χ4v) is 3.20. The molecular formula is C17H26N6O. The molecule has 1 saturated heterocycles. The second-order valence-corrected chi connectivity index (χ2v) is 6.90. The number of likely N-dealkylation sites (tertiary alicyclic amines) is 1. The maximum Gasteiger partial charge on any atom is 0.225 e. The molecule has 0 aromatic carbocycles. The van der Waals surface area contributed by atoms with Gasteiger partial charge in [-0.3, -0.25) is 14.8 Å². The van der Waals surface area contributed by atoms with Crippen molar-refractivity contribution >= 4 is 11.7 Å². The Hall–Kier alpha value is -2.15. The van der Waals surface area contributed by atoms with E-state index in [0.717, 1.165) is 44.0 Å². The van der Waals surface area contributed by atoms with Crippen LogP contribution < -0.4 is 5.32 Å². The minimum absolute atomic E-state index is 0.0587. The van der Waals surface area contributed by atoms with Crippen LogP contribution in [0.3, 0.4) is 0 Å². The van der Waals surface area contributed by atoms with Crippen LogP contribution in [0.1, 0.15) is 44.8 Å². The lowest BCUT2D eigenvalue weighted by atomic mass is 10.1. The summed E-state index contributed by atoms with van der Waals surface area (Å²) in [4.78, 5) is 14.4. The number of nitrogens with one attached hydrogen (secondary N) is 2. The van der Waals surface area contributed by atoms with Gasteiger partial charge in [-0.25, -0.2) is 4.68 Å². The molecule has 130 valence electrons. The number of carbonyl (C=O) groups excluding carboxylic acids is 1. The van der Waals surface area contributed by atoms with Crippen LogP contribution in [-0.4, -0.2) is 43.9 Å². The molecule has 3 rings (SSSR count). The summed E-state index contributed by atoms with van der Waals surface area (Å²) in [7, 11) is 0. The Balaban J connectivity index is 1.55. The van der Waals surface area contributed by atoms with E-state index in [0.29, 0.717) is 18.4 Å². The van der Waals surface area contributed by atoms with Crippen molar-refractivity contribution in [1.29, 1.82) is 0 Å². The van der Waals surface area contributed by atoms with Gasteiger partial charge in [0.05, 0.1) is 12.2 Å². The predicted molar refractivity (Wildman–Crippen MR) is 92.4 cm³/mol. The molecule has 3 heterocycles. The summed E-state index contributed by atoms with van der Waals surface area (Å²) in [5, 5.41) is 14.5. The molecule has 0 bridgehead atoms. The number of H-pyrrole nitrogens is 1. The van der Waals surface area contributed by atoms with Crippen molar-refractivity contribution in [3.05, 3.63) is 30.2 Å². The molecule has 24 heavy (non-hydrogen) atoms. The fraction of sp³-hybridized carbons (Fsp3) is 0.588. The van der Waals surface area contributed by atoms with Gasteiger partial charge in [-0.15, -0.1) is 0 Å². The first-order chi connectivity index (χ1) is 11.6. The van der Waals surface area contributed by atoms with Gasteiger partial charge >= 0.3 is 0 Å². The summed E-state index contributed by atoms with van der Waals surface area (Å²) in [5.74, 6) is 1.23. The van der Waals surface area contributed by atoms with E-state index in [1.807, 2.05) is 30.7 Å². The van der Waals surface area contributed by atoms with Crippen LogP contribution in [0.15, 0.2) is 24.5 Å². The third-order valence-electron chi connectivity index (χ3n) is 4.39. The second kappa shape index (κ2) is 7.61. The van der Waals surface area contributed by atoms with Gasteiger partial charge in [-0.2, -0.15) is 10.2 Å². The lowest BCUT2D eigenvalue weighted by Gasteiger charge is -2.32. The third kappa shape index (κ3) is 4.23. The smallest absolute Gasteiger partial charge is 0.225 e. The molecule has 0 unspecified atom stereocenters. The largest absolute Gasteiger partial charge is 0.311 e. The summed E-state index contributed by atoms with van der Waals surface area (Å²) in [6, 6.07) is 4.24. The molecule has 1 amide bonds. The molecule has 0 spiro atoms. The number of anilines is 1. The number of aromatic nitrogens is 4. The van der Waals surface area contributed by atoms with Crippen molar-refractivity contribution in [2.45, 2.75) is 45.7 Å². The van der Waals surface area contributed by atoms with E-state index in [-0.39, 0.29) is 5.91 Å². The zero-order valence-electron chi connectivity index (χ0n) is 14.4. The highest BCUT2D eigenvalue weighted by Gasteiger charge is 2.23. The highest BCUT2D eigenvalue weighted by molar-refractivity contribution is 5.89. The van der Waals surface area contributed by atoms with Gasteiger partial charge in [-0.05, 0) is 24.8 Å². The Morgan fingerprint density at radius 2 is 2.12 bits per heavy atom. The summed E-state index contributed by atoms with van der Waals surface area (Å²) in [6.45, 7) is 7.04. The molecule has 2 aromatic heterocycles. The first-order valence-electron chi connectivity index (χ1n) is 8.66. The lowest BCUT2D eigenvalue weighted by Crippen LogP contribution is -2.35. The number of hydrogen-bond donors (Lipinski definition) is 2. The Bertz CT molecular complexity index is 640. The number of aromatic amines is 1. The number of amides is 1. The average Bonchev–Trinajstić information content (AvgIpc) is 3.19. The van der Waals surface area contributed by atoms with Gasteiger partial charge in [0.15, 0.2) is 0 Å². The zero-order chi connectivity index (χ0) is 16.9. The van der Waals surface area contributed by atoms with Crippen LogP contribution in [0, 0.1) is 5.92 Å². The van der Waals surface area contributed by atoms with E-state index < -0.39 is 0 Å². The van der Waals surface area contributed by atoms with Crippen LogP contribution in [-0.2, 0) is 11.3 Å². The number of carbonyl (C=O) groups is 1. The van der Waals surface area contributed by atoms with E-state index in [1.165, 1.54) is 0 Å². The van der Waals surface area contributed by atoms with E-state index in [4.69, 9.17) is 0 Å². The summed E-state index contributed by atoms with van der Waals surface area (Å²) >= 11 is 0. The van der Waals surface area contributed by atoms with Crippen LogP contribution in [0.2, 0.25) is 0 Å². The van der Waals surface area contributed by atoms with E-state index >= 15 is 0 Å². The lowest BCUT2D eigenvalue weighted by molar-refractivity contribution is -0.116. The molecule has 7 nitrogen and oxygen atoms in total. The molecule has 7 heteroatoms. The van der Waals surface area contributed by atoms with Gasteiger partial charge in [-0.1, -0.05) is 13.8 Å². The van der Waals surface area contributed by atoms with Crippen LogP contribution in [0.5, 0.6) is 0 Å². The summed E-state index contributed by atoms with van der Waals surface area (Å²) < 4.78 is 1.98. The molecule has 1 aliphatic heterocycles. The molecular weight excluding hydrogens is 304 g/mol. The van der Waals surface area contributed by atoms with Gasteiger partial charge in [0, 0.05) is 44.0 Å². The first-order valence-corrected chi connectivity index (χ1v) is 8.66. The van der Waals surface area contributed by atoms with Crippen molar-refractivity contribution in [3.63, 3.8) is 0 Å². The molecule has 0 saturated carbocycles. The predicted octanol–water partition coefficient (Wildman–Crippen LogP) is 2.43. The molecule has 1 aliphatic rings. The van der Waals surface area contributed by atoms with Gasteiger partial charge < -0.3 is 5.32 Å². The van der Waals surface area contributed by atoms with Gasteiger partial charge in [0.2, 0.25) is 5.91 Å². The van der Waals surface area contributed by atoms with E-state index in [2.05, 4.69) is 25.5 Å². The van der Waals surface area contributed by atoms with Crippen molar-refractivity contribution in [2.75, 3.05) is 18.4 Å². The number of hydrogen-bond acceptors (Lipinski definition) is 4. The average molecular weight is 330 g/mol. The van der Waals surface area contributed by atoms with Crippen molar-refractivity contribution in [2.24, 2.45) is 5.92 Å². The van der Waals surface area contributed by atoms with Gasteiger partial charge in [0.1, 0.15) is 5.82 Å². The third-order valence-corrected chi connectivity index (χ3v) is 4.39. The van der Waals surface area contributed by atoms with Crippen molar-refractivity contribution in [1.82, 2.24) is 24.9 Å². The molecule has 0 radical (unpaired) electrons. The maximum absolute atomic E-state index is 12.0. The van der Waals surface area contributed by atoms with Crippen molar-refractivity contribution in [3.8, 4) is 0 Å². The summed E-state index contributed by atoms with van der Waals surface area (Å²) in [5.41, 5.74) is 1.15. The highest BCUT2D eigenvalue weighted by Crippen LogP contribution is 2.26. The molecule has 2 N–H and O–H groups in total. The minimum Gasteiger partial charge on any atom is -0.311 e. The molecule has 2 aromatic rings. The molecule has 1 fully saturated rings. The Morgan fingerprint density at radius 3 is 2.79 bits per heavy atom. The number of piperidine rings is 1. The molecule has 0 atom stereocenters. The zero-order valence-corrected chi connectivity index (χ0v) is 14.4. The van der Waals surface area contributed by atoms with Crippen molar-refractivity contribution < 1.29 is 4.79 Å². The van der Waals surface area contributed by atoms with Crippen LogP contribution in [0.4, 0.5) is 5.82 Å². The fourth-order valence-electron chi connectivity index (χ4n) is 3.20. The van der Waals surface area contributed by atoms with Gasteiger partial charge in [0.25, 0.3) is 0 Å². The summed E-state index contributed by atoms with van der Waals surface area (Å²) in [6.07, 6.45) is 6.15. The van der Waals surface area contributed by atoms with E-state index in [1.54, 1.807) is 12.4 Å². The quantitative estimate of drug-likeness (QED) is 0.852. The Morgan fingerprint density at radius 1 is 1.33 bits per heavy atom. The Labute approximate surface area is 142 Å². The SMILES string of the molecule is CC(C)CC(=O)Nc1ccnn1C1CCN(Cc2ccn[nH]2)CC1. The number of nitrogens with zero attached hydrogens (tertiary/aromatic N) is 4. The first kappa shape index (κ1) is 16.7. The second-order valence-electron chi connectivity index (χ2n) is 6.90. The van der Waals surface area contributed by atoms with Crippen LogP contribution in [0.25, 0.3) is 0 Å². The number of rotatable bonds is 6. The standard InChI is InChI=1S/C17H26N6O/c1-13(2)11-17(24)20-16-4-8-19-23(16)15-5-9-22(10-6-15)12-14-3-7-18-21-14/h3-4,7-8,13,15H,5-6,9-12H2,1-2H3,(H,18,21)(H,20,24). The topological polar surface area (TPSA) is 78.8 Å². The molecule has 0 aliphatic carbocycles. The van der Waals surface area contributed by atoms with E-state index in [9.17, 15) is 4.79 Å².